The minimum absolute atomic E-state index is 0.625. The predicted octanol–water partition coefficient (Wildman–Crippen LogP) is 2.88. The third-order valence-electron chi connectivity index (χ3n) is 7.27. The number of nitrogens with zero attached hydrogens (tertiary/aromatic N) is 5. The summed E-state index contributed by atoms with van der Waals surface area (Å²) in [6.07, 6.45) is 13.1. The fourth-order valence-corrected chi connectivity index (χ4v) is 5.19. The predicted molar refractivity (Wildman–Crippen MR) is 105 cm³/mol. The van der Waals surface area contributed by atoms with Crippen LogP contribution in [0.3, 0.4) is 0 Å². The smallest absolute Gasteiger partial charge is 0.133 e. The van der Waals surface area contributed by atoms with E-state index in [-0.39, 0.29) is 0 Å². The maximum atomic E-state index is 4.86. The first kappa shape index (κ1) is 16.9. The van der Waals surface area contributed by atoms with Gasteiger partial charge in [-0.15, -0.1) is 0 Å². The van der Waals surface area contributed by atoms with Gasteiger partial charge >= 0.3 is 0 Å². The zero-order valence-electron chi connectivity index (χ0n) is 16.0. The average Bonchev–Trinajstić information content (AvgIpc) is 2.61. The maximum Gasteiger partial charge on any atom is 0.133 e. The molecule has 3 heterocycles. The van der Waals surface area contributed by atoms with Gasteiger partial charge in [-0.1, -0.05) is 25.7 Å². The van der Waals surface area contributed by atoms with Crippen LogP contribution < -0.4 is 4.90 Å². The first-order chi connectivity index (χ1) is 12.9. The van der Waals surface area contributed by atoms with Crippen LogP contribution >= 0.6 is 0 Å². The third kappa shape index (κ3) is 3.36. The topological polar surface area (TPSA) is 35.5 Å². The molecule has 0 aromatic carbocycles. The van der Waals surface area contributed by atoms with Gasteiger partial charge in [0, 0.05) is 63.5 Å². The molecule has 5 rings (SSSR count). The monoisotopic (exact) mass is 355 g/mol. The van der Waals surface area contributed by atoms with E-state index in [1.807, 2.05) is 6.20 Å². The van der Waals surface area contributed by atoms with E-state index in [1.54, 1.807) is 0 Å². The van der Waals surface area contributed by atoms with Crippen molar-refractivity contribution in [1.82, 2.24) is 19.8 Å². The molecule has 5 heteroatoms. The van der Waals surface area contributed by atoms with Gasteiger partial charge in [-0.3, -0.25) is 9.80 Å². The molecule has 0 unspecified atom stereocenters. The van der Waals surface area contributed by atoms with Crippen LogP contribution in [0.1, 0.15) is 63.1 Å². The molecular formula is C21H33N5. The third-order valence-corrected chi connectivity index (χ3v) is 7.27. The van der Waals surface area contributed by atoms with Gasteiger partial charge < -0.3 is 4.90 Å². The molecule has 1 aromatic rings. The zero-order valence-corrected chi connectivity index (χ0v) is 16.0. The van der Waals surface area contributed by atoms with Crippen molar-refractivity contribution in [1.29, 1.82) is 0 Å². The first-order valence-electron chi connectivity index (χ1n) is 10.9. The van der Waals surface area contributed by atoms with E-state index in [2.05, 4.69) is 25.8 Å². The standard InChI is InChI=1S/C21H33N5/c1-2-7-18(8-3-1)24-11-13-25(14-12-24)19-15-26(16-19)20-9-10-22-21(23-20)17-5-4-6-17/h9-10,17-19H,1-8,11-16H2. The summed E-state index contributed by atoms with van der Waals surface area (Å²) in [6, 6.07) is 3.71. The molecule has 2 saturated heterocycles. The largest absolute Gasteiger partial charge is 0.353 e. The SMILES string of the molecule is c1cc(N2CC(N3CCN(C4CCCCC4)CC3)C2)nc(C2CCC2)n1. The second-order valence-electron chi connectivity index (χ2n) is 8.82. The summed E-state index contributed by atoms with van der Waals surface area (Å²) in [6.45, 7) is 7.36. The Morgan fingerprint density at radius 1 is 0.769 bits per heavy atom. The van der Waals surface area contributed by atoms with Gasteiger partial charge in [0.15, 0.2) is 0 Å². The number of rotatable bonds is 4. The molecule has 2 aliphatic heterocycles. The molecule has 142 valence electrons. The number of aromatic nitrogens is 2. The Bertz CT molecular complexity index is 596. The highest BCUT2D eigenvalue weighted by molar-refractivity contribution is 5.42. The quantitative estimate of drug-likeness (QED) is 0.830. The van der Waals surface area contributed by atoms with Gasteiger partial charge in [0.25, 0.3) is 0 Å². The molecule has 0 radical (unpaired) electrons. The van der Waals surface area contributed by atoms with Crippen LogP contribution in [0.5, 0.6) is 0 Å². The Hall–Kier alpha value is -1.20. The van der Waals surface area contributed by atoms with E-state index in [1.165, 1.54) is 77.5 Å². The summed E-state index contributed by atoms with van der Waals surface area (Å²) in [4.78, 5) is 17.3. The normalized spacial score (nSPS) is 27.3. The van der Waals surface area contributed by atoms with Gasteiger partial charge in [0.05, 0.1) is 0 Å². The fourth-order valence-electron chi connectivity index (χ4n) is 5.19. The van der Waals surface area contributed by atoms with E-state index in [0.717, 1.165) is 36.8 Å². The summed E-state index contributed by atoms with van der Waals surface area (Å²) < 4.78 is 0. The molecule has 0 atom stereocenters. The molecule has 0 amide bonds. The second-order valence-corrected chi connectivity index (χ2v) is 8.82. The molecule has 2 saturated carbocycles. The summed E-state index contributed by atoms with van der Waals surface area (Å²) in [5, 5.41) is 0. The van der Waals surface area contributed by atoms with Crippen molar-refractivity contribution in [2.45, 2.75) is 69.4 Å². The van der Waals surface area contributed by atoms with Crippen molar-refractivity contribution in [2.24, 2.45) is 0 Å². The Morgan fingerprint density at radius 3 is 2.12 bits per heavy atom. The number of hydrogen-bond acceptors (Lipinski definition) is 5. The summed E-state index contributed by atoms with van der Waals surface area (Å²) in [5.41, 5.74) is 0. The lowest BCUT2D eigenvalue weighted by atomic mass is 9.85. The highest BCUT2D eigenvalue weighted by atomic mass is 15.4. The fraction of sp³-hybridized carbons (Fsp3) is 0.810. The van der Waals surface area contributed by atoms with Crippen LogP contribution in [-0.2, 0) is 0 Å². The van der Waals surface area contributed by atoms with Crippen LogP contribution in [0.4, 0.5) is 5.82 Å². The van der Waals surface area contributed by atoms with Crippen LogP contribution in [0.25, 0.3) is 0 Å². The maximum absolute atomic E-state index is 4.86. The van der Waals surface area contributed by atoms with Gasteiger partial charge in [-0.25, -0.2) is 9.97 Å². The molecule has 4 fully saturated rings. The lowest BCUT2D eigenvalue weighted by molar-refractivity contribution is 0.0487. The van der Waals surface area contributed by atoms with Gasteiger partial charge in [-0.05, 0) is 31.7 Å². The van der Waals surface area contributed by atoms with Crippen LogP contribution in [0.15, 0.2) is 12.3 Å². The molecular weight excluding hydrogens is 322 g/mol. The number of piperazine rings is 1. The minimum Gasteiger partial charge on any atom is -0.353 e. The van der Waals surface area contributed by atoms with Crippen LogP contribution in [0.2, 0.25) is 0 Å². The van der Waals surface area contributed by atoms with Crippen molar-refractivity contribution in [3.8, 4) is 0 Å². The van der Waals surface area contributed by atoms with E-state index in [9.17, 15) is 0 Å². The summed E-state index contributed by atoms with van der Waals surface area (Å²) >= 11 is 0. The lowest BCUT2D eigenvalue weighted by Crippen LogP contribution is -2.64. The molecule has 0 bridgehead atoms. The Kier molecular flexibility index (Phi) is 4.84. The molecule has 5 nitrogen and oxygen atoms in total. The Labute approximate surface area is 157 Å². The van der Waals surface area contributed by atoms with Gasteiger partial charge in [-0.2, -0.15) is 0 Å². The highest BCUT2D eigenvalue weighted by Crippen LogP contribution is 2.35. The van der Waals surface area contributed by atoms with Crippen molar-refractivity contribution in [3.63, 3.8) is 0 Å². The van der Waals surface area contributed by atoms with E-state index in [4.69, 9.17) is 4.98 Å². The highest BCUT2D eigenvalue weighted by Gasteiger charge is 2.35. The van der Waals surface area contributed by atoms with E-state index >= 15 is 0 Å². The molecule has 0 spiro atoms. The number of hydrogen-bond donors (Lipinski definition) is 0. The summed E-state index contributed by atoms with van der Waals surface area (Å²) in [5.74, 6) is 2.86. The zero-order chi connectivity index (χ0) is 17.3. The van der Waals surface area contributed by atoms with Crippen molar-refractivity contribution >= 4 is 5.82 Å². The van der Waals surface area contributed by atoms with Gasteiger partial charge in [0.2, 0.25) is 0 Å². The van der Waals surface area contributed by atoms with E-state index in [0.29, 0.717) is 5.92 Å². The van der Waals surface area contributed by atoms with Gasteiger partial charge in [0.1, 0.15) is 11.6 Å². The molecule has 2 aliphatic carbocycles. The average molecular weight is 356 g/mol. The molecule has 4 aliphatic rings. The van der Waals surface area contributed by atoms with Crippen LogP contribution in [-0.4, -0.2) is 71.1 Å². The van der Waals surface area contributed by atoms with Crippen molar-refractivity contribution in [2.75, 3.05) is 44.2 Å². The Morgan fingerprint density at radius 2 is 1.46 bits per heavy atom. The van der Waals surface area contributed by atoms with Crippen molar-refractivity contribution < 1.29 is 0 Å². The molecule has 26 heavy (non-hydrogen) atoms. The minimum atomic E-state index is 0.625. The molecule has 0 N–H and O–H groups in total. The first-order valence-corrected chi connectivity index (χ1v) is 10.9. The number of anilines is 1. The van der Waals surface area contributed by atoms with Crippen molar-refractivity contribution in [3.05, 3.63) is 18.1 Å². The summed E-state index contributed by atoms with van der Waals surface area (Å²) in [7, 11) is 0. The molecule has 1 aromatic heterocycles. The van der Waals surface area contributed by atoms with E-state index < -0.39 is 0 Å². The lowest BCUT2D eigenvalue weighted by Gasteiger charge is -2.49. The second kappa shape index (κ2) is 7.43. The van der Waals surface area contributed by atoms with Crippen LogP contribution in [0, 0.1) is 0 Å². The Balaban J connectivity index is 1.11.